The molecule has 0 aromatic heterocycles. The molecule has 0 bridgehead atoms. The number of rotatable bonds is 9. The Labute approximate surface area is 186 Å². The van der Waals surface area contributed by atoms with E-state index in [0.717, 1.165) is 5.56 Å². The predicted octanol–water partition coefficient (Wildman–Crippen LogP) is 2.28. The number of hydrogen-bond acceptors (Lipinski definition) is 6. The molecule has 8 nitrogen and oxygen atoms in total. The van der Waals surface area contributed by atoms with Crippen molar-refractivity contribution < 1.29 is 18.0 Å². The van der Waals surface area contributed by atoms with Crippen LogP contribution in [0, 0.1) is 11.3 Å². The van der Waals surface area contributed by atoms with E-state index in [1.165, 1.54) is 40.3 Å². The Morgan fingerprint density at radius 2 is 1.74 bits per heavy atom. The van der Waals surface area contributed by atoms with Crippen LogP contribution in [0.3, 0.4) is 0 Å². The van der Waals surface area contributed by atoms with E-state index in [4.69, 9.17) is 5.26 Å². The van der Waals surface area contributed by atoms with Crippen LogP contribution >= 0.6 is 11.8 Å². The Kier molecular flexibility index (Phi) is 9.05. The number of thioether (sulfide) groups is 1. The fourth-order valence-corrected chi connectivity index (χ4v) is 4.97. The highest BCUT2D eigenvalue weighted by Crippen LogP contribution is 2.17. The van der Waals surface area contributed by atoms with Gasteiger partial charge in [-0.05, 0) is 35.9 Å². The first kappa shape index (κ1) is 24.4. The van der Waals surface area contributed by atoms with Gasteiger partial charge >= 0.3 is 0 Å². The number of carbonyl (C=O) groups is 2. The number of hydrazine groups is 1. The minimum Gasteiger partial charge on any atom is -0.272 e. The zero-order valence-corrected chi connectivity index (χ0v) is 18.9. The number of carbonyl (C=O) groups excluding carboxylic acids is 2. The molecule has 0 fully saturated rings. The Morgan fingerprint density at radius 3 is 2.35 bits per heavy atom. The molecule has 0 aliphatic rings. The van der Waals surface area contributed by atoms with Crippen molar-refractivity contribution in [3.63, 3.8) is 0 Å². The first-order valence-electron chi connectivity index (χ1n) is 9.58. The van der Waals surface area contributed by atoms with Gasteiger partial charge in [0.05, 0.1) is 22.3 Å². The van der Waals surface area contributed by atoms with Gasteiger partial charge in [-0.25, -0.2) is 8.42 Å². The third-order valence-electron chi connectivity index (χ3n) is 4.34. The van der Waals surface area contributed by atoms with Crippen LogP contribution in [0.5, 0.6) is 0 Å². The summed E-state index contributed by atoms with van der Waals surface area (Å²) in [6.07, 6.45) is 0. The van der Waals surface area contributed by atoms with Gasteiger partial charge in [0, 0.05) is 24.4 Å². The van der Waals surface area contributed by atoms with E-state index in [-0.39, 0.29) is 22.1 Å². The Morgan fingerprint density at radius 1 is 1.06 bits per heavy atom. The Balaban J connectivity index is 1.87. The van der Waals surface area contributed by atoms with E-state index in [2.05, 4.69) is 10.9 Å². The third-order valence-corrected chi connectivity index (χ3v) is 7.39. The van der Waals surface area contributed by atoms with Crippen molar-refractivity contribution >= 4 is 33.6 Å². The number of nitrogens with one attached hydrogen (secondary N) is 2. The van der Waals surface area contributed by atoms with Crippen molar-refractivity contribution in [2.24, 2.45) is 0 Å². The van der Waals surface area contributed by atoms with Crippen molar-refractivity contribution in [3.05, 3.63) is 65.2 Å². The normalized spacial score (nSPS) is 11.0. The van der Waals surface area contributed by atoms with Crippen LogP contribution in [0.4, 0.5) is 0 Å². The molecule has 0 spiro atoms. The maximum absolute atomic E-state index is 12.6. The van der Waals surface area contributed by atoms with E-state index in [0.29, 0.717) is 24.4 Å². The van der Waals surface area contributed by atoms with E-state index in [1.807, 2.05) is 18.2 Å². The second kappa shape index (κ2) is 11.5. The molecule has 0 heterocycles. The molecule has 2 rings (SSSR count). The topological polar surface area (TPSA) is 119 Å². The quantitative estimate of drug-likeness (QED) is 0.554. The highest BCUT2D eigenvalue weighted by Gasteiger charge is 2.22. The zero-order chi connectivity index (χ0) is 22.9. The largest absolute Gasteiger partial charge is 0.272 e. The summed E-state index contributed by atoms with van der Waals surface area (Å²) < 4.78 is 26.5. The molecule has 164 valence electrons. The SMILES string of the molecule is CCN(CC)S(=O)(=O)c1cccc(C(=O)NNC(=O)CSCc2ccc(C#N)cc2)c1. The summed E-state index contributed by atoms with van der Waals surface area (Å²) in [6.45, 7) is 4.13. The van der Waals surface area contributed by atoms with Crippen molar-refractivity contribution in [3.8, 4) is 6.07 Å². The van der Waals surface area contributed by atoms with Gasteiger partial charge in [-0.2, -0.15) is 9.57 Å². The lowest BCUT2D eigenvalue weighted by Crippen LogP contribution is -2.42. The van der Waals surface area contributed by atoms with E-state index < -0.39 is 15.9 Å². The maximum Gasteiger partial charge on any atom is 0.269 e. The van der Waals surface area contributed by atoms with Gasteiger partial charge in [-0.15, -0.1) is 11.8 Å². The fourth-order valence-electron chi connectivity index (χ4n) is 2.68. The molecular weight excluding hydrogens is 436 g/mol. The number of nitrogens with zero attached hydrogens (tertiary/aromatic N) is 2. The van der Waals surface area contributed by atoms with Crippen molar-refractivity contribution in [1.29, 1.82) is 5.26 Å². The van der Waals surface area contributed by atoms with Crippen LogP contribution < -0.4 is 10.9 Å². The number of sulfonamides is 1. The van der Waals surface area contributed by atoms with Crippen LogP contribution in [0.2, 0.25) is 0 Å². The lowest BCUT2D eigenvalue weighted by molar-refractivity contribution is -0.119. The molecule has 10 heteroatoms. The molecule has 0 unspecified atom stereocenters. The van der Waals surface area contributed by atoms with Gasteiger partial charge in [0.2, 0.25) is 15.9 Å². The Bertz CT molecular complexity index is 1060. The van der Waals surface area contributed by atoms with Crippen LogP contribution in [-0.2, 0) is 20.6 Å². The van der Waals surface area contributed by atoms with Crippen LogP contribution in [0.25, 0.3) is 0 Å². The van der Waals surface area contributed by atoms with Crippen LogP contribution in [-0.4, -0.2) is 43.4 Å². The average Bonchev–Trinajstić information content (AvgIpc) is 2.78. The smallest absolute Gasteiger partial charge is 0.269 e. The summed E-state index contributed by atoms with van der Waals surface area (Å²) in [5.74, 6) is -0.296. The lowest BCUT2D eigenvalue weighted by atomic mass is 10.2. The van der Waals surface area contributed by atoms with E-state index in [1.54, 1.807) is 26.0 Å². The molecule has 31 heavy (non-hydrogen) atoms. The lowest BCUT2D eigenvalue weighted by Gasteiger charge is -2.18. The molecule has 0 aliphatic heterocycles. The monoisotopic (exact) mass is 460 g/mol. The van der Waals surface area contributed by atoms with Gasteiger partial charge in [0.25, 0.3) is 5.91 Å². The van der Waals surface area contributed by atoms with Crippen LogP contribution in [0.1, 0.15) is 35.3 Å². The molecule has 0 radical (unpaired) electrons. The standard InChI is InChI=1S/C21H24N4O4S2/c1-3-25(4-2)31(28,29)19-7-5-6-18(12-19)21(27)24-23-20(26)15-30-14-17-10-8-16(13-22)9-11-17/h5-12H,3-4,14-15H2,1-2H3,(H,23,26)(H,24,27). The second-order valence-electron chi connectivity index (χ2n) is 6.42. The fraction of sp³-hybridized carbons (Fsp3) is 0.286. The number of amides is 2. The second-order valence-corrected chi connectivity index (χ2v) is 9.34. The highest BCUT2D eigenvalue weighted by molar-refractivity contribution is 7.99. The van der Waals surface area contributed by atoms with Crippen molar-refractivity contribution in [2.75, 3.05) is 18.8 Å². The molecule has 0 aliphatic carbocycles. The number of nitriles is 1. The first-order valence-corrected chi connectivity index (χ1v) is 12.2. The molecule has 0 saturated carbocycles. The molecule has 2 aromatic rings. The predicted molar refractivity (Wildman–Crippen MR) is 119 cm³/mol. The molecule has 2 N–H and O–H groups in total. The van der Waals surface area contributed by atoms with E-state index >= 15 is 0 Å². The average molecular weight is 461 g/mol. The number of hydrogen-bond donors (Lipinski definition) is 2. The van der Waals surface area contributed by atoms with Gasteiger partial charge in [0.1, 0.15) is 0 Å². The summed E-state index contributed by atoms with van der Waals surface area (Å²) in [7, 11) is -3.69. The summed E-state index contributed by atoms with van der Waals surface area (Å²) in [5, 5.41) is 8.79. The number of benzene rings is 2. The highest BCUT2D eigenvalue weighted by atomic mass is 32.2. The molecule has 0 saturated heterocycles. The summed E-state index contributed by atoms with van der Waals surface area (Å²) in [6, 6.07) is 14.8. The first-order chi connectivity index (χ1) is 14.8. The van der Waals surface area contributed by atoms with E-state index in [9.17, 15) is 18.0 Å². The van der Waals surface area contributed by atoms with Crippen molar-refractivity contribution in [2.45, 2.75) is 24.5 Å². The molecule has 2 aromatic carbocycles. The van der Waals surface area contributed by atoms with Crippen molar-refractivity contribution in [1.82, 2.24) is 15.2 Å². The van der Waals surface area contributed by atoms with Gasteiger partial charge in [-0.3, -0.25) is 20.4 Å². The van der Waals surface area contributed by atoms with Crippen LogP contribution in [0.15, 0.2) is 53.4 Å². The zero-order valence-electron chi connectivity index (χ0n) is 17.3. The van der Waals surface area contributed by atoms with Gasteiger partial charge in [0.15, 0.2) is 0 Å². The summed E-state index contributed by atoms with van der Waals surface area (Å²) in [5.41, 5.74) is 6.30. The molecular formula is C21H24N4O4S2. The summed E-state index contributed by atoms with van der Waals surface area (Å²) >= 11 is 1.36. The Hall–Kier alpha value is -2.87. The molecule has 0 atom stereocenters. The van der Waals surface area contributed by atoms with Gasteiger partial charge in [-0.1, -0.05) is 32.0 Å². The minimum atomic E-state index is -3.69. The van der Waals surface area contributed by atoms with Gasteiger partial charge < -0.3 is 0 Å². The summed E-state index contributed by atoms with van der Waals surface area (Å²) in [4.78, 5) is 24.3. The third kappa shape index (κ3) is 6.82. The maximum atomic E-state index is 12.6. The minimum absolute atomic E-state index is 0.0214. The molecule has 2 amide bonds.